The third-order valence-corrected chi connectivity index (χ3v) is 8.83. The average molecular weight is 361 g/mol. The number of rotatable bonds is 5. The SMILES string of the molecule is CC(=O)c1cc(Br)nn1C[C@H](C)O[Si](C)(C)C(C)(C)C. The lowest BCUT2D eigenvalue weighted by Gasteiger charge is -2.38. The molecule has 0 aromatic carbocycles. The lowest BCUT2D eigenvalue weighted by atomic mass is 10.2. The van der Waals surface area contributed by atoms with Gasteiger partial charge < -0.3 is 4.43 Å². The second-order valence-electron chi connectivity index (χ2n) is 6.78. The van der Waals surface area contributed by atoms with E-state index in [2.05, 4.69) is 54.9 Å². The molecular formula is C14H25BrN2O2Si. The van der Waals surface area contributed by atoms with E-state index in [0.717, 1.165) is 0 Å². The highest BCUT2D eigenvalue weighted by molar-refractivity contribution is 9.10. The fourth-order valence-corrected chi connectivity index (χ4v) is 3.61. The summed E-state index contributed by atoms with van der Waals surface area (Å²) in [6.07, 6.45) is 0.0285. The van der Waals surface area contributed by atoms with Crippen molar-refractivity contribution in [1.29, 1.82) is 0 Å². The Bertz CT molecular complexity index is 492. The maximum absolute atomic E-state index is 11.6. The maximum atomic E-state index is 11.6. The lowest BCUT2D eigenvalue weighted by molar-refractivity contribution is 0.0997. The van der Waals surface area contributed by atoms with Crippen LogP contribution in [0.5, 0.6) is 0 Å². The van der Waals surface area contributed by atoms with Crippen molar-refractivity contribution in [2.24, 2.45) is 0 Å². The van der Waals surface area contributed by atoms with Crippen LogP contribution in [0.2, 0.25) is 18.1 Å². The highest BCUT2D eigenvalue weighted by atomic mass is 79.9. The molecule has 114 valence electrons. The van der Waals surface area contributed by atoms with Gasteiger partial charge in [-0.2, -0.15) is 5.10 Å². The van der Waals surface area contributed by atoms with Crippen molar-refractivity contribution in [2.75, 3.05) is 0 Å². The molecule has 0 saturated carbocycles. The standard InChI is InChI=1S/C14H25BrN2O2Si/c1-10(19-20(6,7)14(3,4)5)9-17-12(11(2)18)8-13(15)16-17/h8,10H,9H2,1-7H3/t10-/m0/s1. The summed E-state index contributed by atoms with van der Waals surface area (Å²) in [7, 11) is -1.80. The first-order chi connectivity index (χ1) is 8.94. The number of carbonyl (C=O) groups excluding carboxylic acids is 1. The molecule has 1 aromatic rings. The number of ketones is 1. The number of halogens is 1. The van der Waals surface area contributed by atoms with Gasteiger partial charge in [0.2, 0.25) is 0 Å². The summed E-state index contributed by atoms with van der Waals surface area (Å²) in [5.41, 5.74) is 0.613. The molecule has 0 bridgehead atoms. The average Bonchev–Trinajstić information content (AvgIpc) is 2.56. The molecule has 0 amide bonds. The van der Waals surface area contributed by atoms with Gasteiger partial charge in [-0.15, -0.1) is 0 Å². The number of Topliss-reactive ketones (excluding diaryl/α,β-unsaturated/α-hetero) is 1. The van der Waals surface area contributed by atoms with E-state index in [9.17, 15) is 4.79 Å². The fourth-order valence-electron chi connectivity index (χ4n) is 1.77. The van der Waals surface area contributed by atoms with Crippen molar-refractivity contribution >= 4 is 30.0 Å². The van der Waals surface area contributed by atoms with Crippen LogP contribution in [-0.4, -0.2) is 30.0 Å². The van der Waals surface area contributed by atoms with E-state index in [4.69, 9.17) is 4.43 Å². The molecule has 6 heteroatoms. The second-order valence-corrected chi connectivity index (χ2v) is 12.3. The number of hydrogen-bond acceptors (Lipinski definition) is 3. The minimum absolute atomic E-state index is 0.0164. The summed E-state index contributed by atoms with van der Waals surface area (Å²) in [5, 5.41) is 4.49. The van der Waals surface area contributed by atoms with Crippen LogP contribution < -0.4 is 0 Å². The predicted octanol–water partition coefficient (Wildman–Crippen LogP) is 4.26. The van der Waals surface area contributed by atoms with Gasteiger partial charge in [-0.1, -0.05) is 20.8 Å². The molecule has 0 unspecified atom stereocenters. The van der Waals surface area contributed by atoms with Gasteiger partial charge in [0, 0.05) is 13.0 Å². The molecule has 0 radical (unpaired) electrons. The summed E-state index contributed by atoms with van der Waals surface area (Å²) in [5.74, 6) is 0.0164. The minimum Gasteiger partial charge on any atom is -0.412 e. The summed E-state index contributed by atoms with van der Waals surface area (Å²) in [6, 6.07) is 1.75. The predicted molar refractivity (Wildman–Crippen MR) is 87.7 cm³/mol. The van der Waals surface area contributed by atoms with Crippen LogP contribution in [0.3, 0.4) is 0 Å². The monoisotopic (exact) mass is 360 g/mol. The van der Waals surface area contributed by atoms with Gasteiger partial charge in [0.05, 0.1) is 12.6 Å². The Morgan fingerprint density at radius 2 is 2.05 bits per heavy atom. The molecule has 1 atom stereocenters. The molecule has 1 heterocycles. The quantitative estimate of drug-likeness (QED) is 0.581. The first-order valence-electron chi connectivity index (χ1n) is 6.86. The van der Waals surface area contributed by atoms with Crippen molar-refractivity contribution in [2.45, 2.75) is 65.4 Å². The van der Waals surface area contributed by atoms with E-state index in [1.165, 1.54) is 0 Å². The third-order valence-electron chi connectivity index (χ3n) is 3.84. The van der Waals surface area contributed by atoms with Gasteiger partial charge in [-0.25, -0.2) is 0 Å². The summed E-state index contributed by atoms with van der Waals surface area (Å²) in [4.78, 5) is 11.6. The lowest BCUT2D eigenvalue weighted by Crippen LogP contribution is -2.44. The van der Waals surface area contributed by atoms with Crippen LogP contribution in [0, 0.1) is 0 Å². The molecule has 0 N–H and O–H groups in total. The van der Waals surface area contributed by atoms with Crippen molar-refractivity contribution < 1.29 is 9.22 Å². The van der Waals surface area contributed by atoms with Gasteiger partial charge in [0.25, 0.3) is 0 Å². The number of aromatic nitrogens is 2. The zero-order valence-electron chi connectivity index (χ0n) is 13.5. The number of carbonyl (C=O) groups is 1. The Morgan fingerprint density at radius 1 is 1.50 bits per heavy atom. The van der Waals surface area contributed by atoms with E-state index < -0.39 is 8.32 Å². The molecule has 1 rings (SSSR count). The Hall–Kier alpha value is -0.463. The van der Waals surface area contributed by atoms with Crippen LogP contribution in [0.4, 0.5) is 0 Å². The zero-order chi connectivity index (χ0) is 15.7. The molecular weight excluding hydrogens is 336 g/mol. The van der Waals surface area contributed by atoms with Gasteiger partial charge >= 0.3 is 0 Å². The Kier molecular flexibility index (Phi) is 5.38. The van der Waals surface area contributed by atoms with Crippen LogP contribution in [0.1, 0.15) is 45.1 Å². The van der Waals surface area contributed by atoms with E-state index in [1.807, 2.05) is 6.92 Å². The molecule has 4 nitrogen and oxygen atoms in total. The highest BCUT2D eigenvalue weighted by Crippen LogP contribution is 2.37. The Balaban J connectivity index is 2.82. The van der Waals surface area contributed by atoms with Gasteiger partial charge in [0.15, 0.2) is 14.1 Å². The second kappa shape index (κ2) is 6.11. The molecule has 0 fully saturated rings. The molecule has 1 aromatic heterocycles. The summed E-state index contributed by atoms with van der Waals surface area (Å²) >= 11 is 3.32. The number of hydrogen-bond donors (Lipinski definition) is 0. The Labute approximate surface area is 131 Å². The Morgan fingerprint density at radius 3 is 2.50 bits per heavy atom. The van der Waals surface area contributed by atoms with Gasteiger partial charge in [-0.3, -0.25) is 9.48 Å². The smallest absolute Gasteiger partial charge is 0.192 e. The van der Waals surface area contributed by atoms with Crippen LogP contribution >= 0.6 is 15.9 Å². The molecule has 0 aliphatic rings. The first kappa shape index (κ1) is 17.6. The third kappa shape index (κ3) is 4.26. The molecule has 0 aliphatic heterocycles. The van der Waals surface area contributed by atoms with E-state index in [1.54, 1.807) is 17.7 Å². The normalized spacial score (nSPS) is 14.4. The van der Waals surface area contributed by atoms with E-state index in [0.29, 0.717) is 16.8 Å². The van der Waals surface area contributed by atoms with Crippen LogP contribution in [0.15, 0.2) is 10.7 Å². The van der Waals surface area contributed by atoms with Crippen molar-refractivity contribution in [3.05, 3.63) is 16.4 Å². The largest absolute Gasteiger partial charge is 0.412 e. The van der Waals surface area contributed by atoms with Crippen molar-refractivity contribution in [3.63, 3.8) is 0 Å². The van der Waals surface area contributed by atoms with Crippen molar-refractivity contribution in [1.82, 2.24) is 9.78 Å². The highest BCUT2D eigenvalue weighted by Gasteiger charge is 2.38. The first-order valence-corrected chi connectivity index (χ1v) is 10.6. The van der Waals surface area contributed by atoms with Crippen LogP contribution in [-0.2, 0) is 11.0 Å². The summed E-state index contributed by atoms with van der Waals surface area (Å²) in [6.45, 7) is 15.3. The van der Waals surface area contributed by atoms with Crippen LogP contribution in [0.25, 0.3) is 0 Å². The van der Waals surface area contributed by atoms with E-state index >= 15 is 0 Å². The fraction of sp³-hybridized carbons (Fsp3) is 0.714. The molecule has 0 aliphatic carbocycles. The topological polar surface area (TPSA) is 44.1 Å². The van der Waals surface area contributed by atoms with E-state index in [-0.39, 0.29) is 16.9 Å². The molecule has 0 spiro atoms. The minimum atomic E-state index is -1.80. The zero-order valence-corrected chi connectivity index (χ0v) is 16.0. The number of nitrogens with zero attached hydrogens (tertiary/aromatic N) is 2. The van der Waals surface area contributed by atoms with Gasteiger partial charge in [-0.05, 0) is 41.0 Å². The summed E-state index contributed by atoms with van der Waals surface area (Å²) < 4.78 is 8.71. The van der Waals surface area contributed by atoms with Gasteiger partial charge in [0.1, 0.15) is 10.3 Å². The molecule has 20 heavy (non-hydrogen) atoms. The molecule has 0 saturated heterocycles. The maximum Gasteiger partial charge on any atom is 0.192 e. The van der Waals surface area contributed by atoms with Crippen molar-refractivity contribution in [3.8, 4) is 0 Å².